The minimum atomic E-state index is -0.777. The molecule has 1 unspecified atom stereocenters. The first-order valence-electron chi connectivity index (χ1n) is 4.59. The fourth-order valence-electron chi connectivity index (χ4n) is 1.50. The molecule has 0 aromatic heterocycles. The molecule has 5 nitrogen and oxygen atoms in total. The summed E-state index contributed by atoms with van der Waals surface area (Å²) in [6.45, 7) is 0. The summed E-state index contributed by atoms with van der Waals surface area (Å²) in [5.41, 5.74) is 5.79. The first kappa shape index (κ1) is 10.4. The van der Waals surface area contributed by atoms with Crippen molar-refractivity contribution in [2.75, 3.05) is 7.11 Å². The van der Waals surface area contributed by atoms with Crippen LogP contribution in [0.5, 0.6) is 5.75 Å². The van der Waals surface area contributed by atoms with Crippen molar-refractivity contribution in [3.05, 3.63) is 29.6 Å². The normalized spacial score (nSPS) is 19.2. The maximum atomic E-state index is 13.4. The van der Waals surface area contributed by atoms with Crippen LogP contribution in [0, 0.1) is 5.82 Å². The van der Waals surface area contributed by atoms with E-state index in [1.165, 1.54) is 19.2 Å². The maximum absolute atomic E-state index is 13.4. The molecule has 0 saturated heterocycles. The fourth-order valence-corrected chi connectivity index (χ4v) is 1.50. The van der Waals surface area contributed by atoms with Crippen LogP contribution < -0.4 is 15.8 Å². The number of hydrogen-bond acceptors (Lipinski definition) is 4. The number of halogens is 1. The van der Waals surface area contributed by atoms with Gasteiger partial charge in [0.1, 0.15) is 0 Å². The number of ether oxygens (including phenoxy) is 1. The molecule has 0 fully saturated rings. The number of carbonyl (C=O) groups is 1. The van der Waals surface area contributed by atoms with Crippen LogP contribution in [0.1, 0.15) is 11.6 Å². The zero-order valence-corrected chi connectivity index (χ0v) is 8.53. The van der Waals surface area contributed by atoms with Gasteiger partial charge in [-0.2, -0.15) is 0 Å². The molecule has 2 rings (SSSR count). The van der Waals surface area contributed by atoms with Crippen LogP contribution in [0.3, 0.4) is 0 Å². The predicted octanol–water partition coefficient (Wildman–Crippen LogP) is 0.320. The van der Waals surface area contributed by atoms with Crippen LogP contribution in [0.2, 0.25) is 0 Å². The number of methoxy groups -OCH3 is 1. The van der Waals surface area contributed by atoms with Crippen LogP contribution in [0.25, 0.3) is 0 Å². The fraction of sp³-hybridized carbons (Fsp3) is 0.200. The second-order valence-electron chi connectivity index (χ2n) is 3.30. The third-order valence-electron chi connectivity index (χ3n) is 2.26. The Balaban J connectivity index is 2.35. The van der Waals surface area contributed by atoms with E-state index in [1.807, 2.05) is 0 Å². The number of guanidine groups is 1. The van der Waals surface area contributed by atoms with Gasteiger partial charge in [-0.05, 0) is 17.7 Å². The Labute approximate surface area is 91.1 Å². The highest BCUT2D eigenvalue weighted by Crippen LogP contribution is 2.25. The van der Waals surface area contributed by atoms with Crippen molar-refractivity contribution < 1.29 is 13.9 Å². The zero-order chi connectivity index (χ0) is 11.7. The van der Waals surface area contributed by atoms with Gasteiger partial charge in [-0.3, -0.25) is 10.1 Å². The molecule has 0 saturated carbocycles. The van der Waals surface area contributed by atoms with Crippen LogP contribution in [0.4, 0.5) is 4.39 Å². The molecule has 16 heavy (non-hydrogen) atoms. The van der Waals surface area contributed by atoms with Crippen molar-refractivity contribution in [2.45, 2.75) is 6.04 Å². The number of rotatable bonds is 2. The zero-order valence-electron chi connectivity index (χ0n) is 8.53. The van der Waals surface area contributed by atoms with Gasteiger partial charge in [0.15, 0.2) is 23.6 Å². The molecular weight excluding hydrogens is 213 g/mol. The first-order valence-corrected chi connectivity index (χ1v) is 4.59. The summed E-state index contributed by atoms with van der Waals surface area (Å²) < 4.78 is 18.2. The smallest absolute Gasteiger partial charge is 0.256 e. The molecule has 1 aliphatic heterocycles. The van der Waals surface area contributed by atoms with Gasteiger partial charge >= 0.3 is 0 Å². The Kier molecular flexibility index (Phi) is 2.47. The van der Waals surface area contributed by atoms with E-state index in [0.29, 0.717) is 5.56 Å². The summed E-state index contributed by atoms with van der Waals surface area (Å²) in [7, 11) is 1.37. The monoisotopic (exact) mass is 223 g/mol. The number of nitrogens with zero attached hydrogens (tertiary/aromatic N) is 1. The van der Waals surface area contributed by atoms with Crippen LogP contribution in [-0.4, -0.2) is 19.0 Å². The van der Waals surface area contributed by atoms with Crippen molar-refractivity contribution in [1.29, 1.82) is 0 Å². The minimum Gasteiger partial charge on any atom is -0.494 e. The lowest BCUT2D eigenvalue weighted by molar-refractivity contribution is -0.120. The summed E-state index contributed by atoms with van der Waals surface area (Å²) in [4.78, 5) is 15.3. The van der Waals surface area contributed by atoms with Crippen LogP contribution >= 0.6 is 0 Å². The number of hydrogen-bond donors (Lipinski definition) is 2. The van der Waals surface area contributed by atoms with Gasteiger partial charge in [0.2, 0.25) is 0 Å². The second kappa shape index (κ2) is 3.80. The largest absolute Gasteiger partial charge is 0.494 e. The molecule has 84 valence electrons. The summed E-state index contributed by atoms with van der Waals surface area (Å²) in [5.74, 6) is -0.721. The van der Waals surface area contributed by atoms with Crippen molar-refractivity contribution in [1.82, 2.24) is 5.32 Å². The number of carbonyl (C=O) groups excluding carboxylic acids is 1. The average molecular weight is 223 g/mol. The molecule has 1 heterocycles. The van der Waals surface area contributed by atoms with E-state index in [4.69, 9.17) is 10.5 Å². The van der Waals surface area contributed by atoms with Gasteiger partial charge in [0.05, 0.1) is 7.11 Å². The van der Waals surface area contributed by atoms with E-state index in [2.05, 4.69) is 10.3 Å². The van der Waals surface area contributed by atoms with Gasteiger partial charge in [0, 0.05) is 0 Å². The average Bonchev–Trinajstić information content (AvgIpc) is 2.58. The Bertz CT molecular complexity index is 473. The van der Waals surface area contributed by atoms with Crippen molar-refractivity contribution in [3.8, 4) is 5.75 Å². The molecule has 0 spiro atoms. The molecule has 1 aliphatic rings. The van der Waals surface area contributed by atoms with Gasteiger partial charge in [-0.15, -0.1) is 0 Å². The van der Waals surface area contributed by atoms with E-state index in [0.717, 1.165) is 0 Å². The maximum Gasteiger partial charge on any atom is 0.256 e. The molecule has 0 aliphatic carbocycles. The van der Waals surface area contributed by atoms with Gasteiger partial charge in [0.25, 0.3) is 5.91 Å². The van der Waals surface area contributed by atoms with Gasteiger partial charge in [-0.1, -0.05) is 6.07 Å². The van der Waals surface area contributed by atoms with E-state index >= 15 is 0 Å². The topological polar surface area (TPSA) is 76.7 Å². The number of aliphatic imine (C=N–C) groups is 1. The van der Waals surface area contributed by atoms with E-state index < -0.39 is 11.9 Å². The molecule has 1 aromatic rings. The molecule has 3 N–H and O–H groups in total. The Morgan fingerprint density at radius 1 is 1.56 bits per heavy atom. The molecule has 0 bridgehead atoms. The minimum absolute atomic E-state index is 0.0474. The number of amides is 1. The Hall–Kier alpha value is -2.11. The van der Waals surface area contributed by atoms with Gasteiger partial charge < -0.3 is 10.5 Å². The number of benzene rings is 1. The highest BCUT2D eigenvalue weighted by molar-refractivity contribution is 6.04. The quantitative estimate of drug-likeness (QED) is 0.758. The lowest BCUT2D eigenvalue weighted by Gasteiger charge is -2.07. The van der Waals surface area contributed by atoms with Gasteiger partial charge in [-0.25, -0.2) is 9.38 Å². The van der Waals surface area contributed by atoms with E-state index in [-0.39, 0.29) is 17.6 Å². The third kappa shape index (κ3) is 1.69. The van der Waals surface area contributed by atoms with Crippen LogP contribution in [-0.2, 0) is 4.79 Å². The highest BCUT2D eigenvalue weighted by Gasteiger charge is 2.27. The molecule has 1 atom stereocenters. The molecule has 6 heteroatoms. The van der Waals surface area contributed by atoms with Crippen molar-refractivity contribution >= 4 is 11.9 Å². The lowest BCUT2D eigenvalue weighted by Crippen LogP contribution is -2.31. The SMILES string of the molecule is COc1ccc(C2N=C(N)NC2=O)cc1F. The molecule has 0 radical (unpaired) electrons. The summed E-state index contributed by atoms with van der Waals surface area (Å²) >= 11 is 0. The molecule has 1 amide bonds. The standard InChI is InChI=1S/C10H10FN3O2/c1-16-7-3-2-5(4-6(7)11)8-9(15)14-10(12)13-8/h2-4,8H,1H3,(H3,12,13,14,15). The second-order valence-corrected chi connectivity index (χ2v) is 3.30. The van der Waals surface area contributed by atoms with Crippen molar-refractivity contribution in [2.24, 2.45) is 10.7 Å². The number of nitrogens with two attached hydrogens (primary N) is 1. The summed E-state index contributed by atoms with van der Waals surface area (Å²) in [6.07, 6.45) is 0. The van der Waals surface area contributed by atoms with E-state index in [1.54, 1.807) is 6.07 Å². The lowest BCUT2D eigenvalue weighted by atomic mass is 10.1. The Morgan fingerprint density at radius 3 is 2.81 bits per heavy atom. The first-order chi connectivity index (χ1) is 7.61. The van der Waals surface area contributed by atoms with E-state index in [9.17, 15) is 9.18 Å². The summed E-state index contributed by atoms with van der Waals surface area (Å²) in [5, 5.41) is 2.35. The predicted molar refractivity (Wildman–Crippen MR) is 55.5 cm³/mol. The molecular formula is C10H10FN3O2. The van der Waals surface area contributed by atoms with Crippen molar-refractivity contribution in [3.63, 3.8) is 0 Å². The number of nitrogens with one attached hydrogen (secondary N) is 1. The van der Waals surface area contributed by atoms with Crippen LogP contribution in [0.15, 0.2) is 23.2 Å². The molecule has 1 aromatic carbocycles. The Morgan fingerprint density at radius 2 is 2.31 bits per heavy atom. The third-order valence-corrected chi connectivity index (χ3v) is 2.26. The summed E-state index contributed by atoms with van der Waals surface area (Å²) in [6, 6.07) is 3.46. The highest BCUT2D eigenvalue weighted by atomic mass is 19.1.